The summed E-state index contributed by atoms with van der Waals surface area (Å²) in [6, 6.07) is 11.8. The Labute approximate surface area is 220 Å². The quantitative estimate of drug-likeness (QED) is 0.259. The van der Waals surface area contributed by atoms with Crippen LogP contribution in [0.5, 0.6) is 5.75 Å². The van der Waals surface area contributed by atoms with E-state index in [4.69, 9.17) is 16.3 Å². The third-order valence-corrected chi connectivity index (χ3v) is 6.64. The Bertz CT molecular complexity index is 1230. The van der Waals surface area contributed by atoms with E-state index in [1.165, 1.54) is 11.8 Å². The molecule has 0 bridgehead atoms. The first-order chi connectivity index (χ1) is 17.2. The van der Waals surface area contributed by atoms with Gasteiger partial charge in [-0.05, 0) is 60.9 Å². The van der Waals surface area contributed by atoms with Crippen molar-refractivity contribution in [2.75, 3.05) is 18.2 Å². The Balaban J connectivity index is 1.74. The van der Waals surface area contributed by atoms with Gasteiger partial charge in [0.25, 0.3) is 5.91 Å². The second-order valence-corrected chi connectivity index (χ2v) is 9.84. The van der Waals surface area contributed by atoms with E-state index in [0.717, 1.165) is 5.56 Å². The predicted molar refractivity (Wildman–Crippen MR) is 144 cm³/mol. The number of allylic oxidation sites excluding steroid dienone is 1. The van der Waals surface area contributed by atoms with Gasteiger partial charge in [0.05, 0.1) is 18.9 Å². The molecule has 2 aromatic carbocycles. The molecule has 190 valence electrons. The van der Waals surface area contributed by atoms with Gasteiger partial charge in [0.15, 0.2) is 11.0 Å². The van der Waals surface area contributed by atoms with Crippen LogP contribution in [0.1, 0.15) is 41.6 Å². The molecule has 1 heterocycles. The Morgan fingerprint density at radius 1 is 1.19 bits per heavy atom. The molecule has 36 heavy (non-hydrogen) atoms. The third kappa shape index (κ3) is 6.89. The first kappa shape index (κ1) is 27.3. The van der Waals surface area contributed by atoms with E-state index in [9.17, 15) is 9.59 Å². The number of halogens is 1. The van der Waals surface area contributed by atoms with Gasteiger partial charge in [0, 0.05) is 22.8 Å². The van der Waals surface area contributed by atoms with Crippen molar-refractivity contribution in [1.29, 1.82) is 0 Å². The smallest absolute Gasteiger partial charge is 0.251 e. The normalized spacial score (nSPS) is 11.7. The molecule has 2 N–H and O–H groups in total. The first-order valence-electron chi connectivity index (χ1n) is 11.4. The molecule has 0 unspecified atom stereocenters. The molecule has 0 aliphatic rings. The Morgan fingerprint density at radius 3 is 2.53 bits per heavy atom. The maximum absolute atomic E-state index is 12.9. The summed E-state index contributed by atoms with van der Waals surface area (Å²) >= 11 is 7.27. The van der Waals surface area contributed by atoms with Crippen molar-refractivity contribution < 1.29 is 14.3 Å². The Morgan fingerprint density at radius 2 is 1.92 bits per heavy atom. The average molecular weight is 528 g/mol. The van der Waals surface area contributed by atoms with E-state index < -0.39 is 6.04 Å². The van der Waals surface area contributed by atoms with E-state index >= 15 is 0 Å². The van der Waals surface area contributed by atoms with Crippen molar-refractivity contribution in [3.05, 3.63) is 77.1 Å². The van der Waals surface area contributed by atoms with Crippen LogP contribution in [0.3, 0.4) is 0 Å². The lowest BCUT2D eigenvalue weighted by atomic mass is 10.0. The molecule has 1 aromatic heterocycles. The van der Waals surface area contributed by atoms with Crippen LogP contribution in [0.25, 0.3) is 0 Å². The van der Waals surface area contributed by atoms with Gasteiger partial charge < -0.3 is 19.9 Å². The van der Waals surface area contributed by atoms with Crippen LogP contribution in [-0.2, 0) is 11.3 Å². The van der Waals surface area contributed by atoms with Crippen LogP contribution in [0.15, 0.2) is 60.3 Å². The zero-order valence-electron chi connectivity index (χ0n) is 20.7. The van der Waals surface area contributed by atoms with Gasteiger partial charge in [-0.3, -0.25) is 9.59 Å². The third-order valence-electron chi connectivity index (χ3n) is 5.44. The van der Waals surface area contributed by atoms with Gasteiger partial charge >= 0.3 is 0 Å². The van der Waals surface area contributed by atoms with Crippen LogP contribution in [0.2, 0.25) is 5.02 Å². The van der Waals surface area contributed by atoms with Crippen molar-refractivity contribution in [3.8, 4) is 5.75 Å². The highest BCUT2D eigenvalue weighted by Crippen LogP contribution is 2.26. The maximum Gasteiger partial charge on any atom is 0.251 e. The number of nitrogens with one attached hydrogen (secondary N) is 2. The number of anilines is 1. The number of thioether (sulfide) groups is 1. The topological polar surface area (TPSA) is 98.1 Å². The first-order valence-corrected chi connectivity index (χ1v) is 12.8. The molecule has 0 aliphatic heterocycles. The molecule has 2 amide bonds. The van der Waals surface area contributed by atoms with Crippen molar-refractivity contribution in [3.63, 3.8) is 0 Å². The van der Waals surface area contributed by atoms with Gasteiger partial charge in [0.1, 0.15) is 5.75 Å². The highest BCUT2D eigenvalue weighted by atomic mass is 35.5. The van der Waals surface area contributed by atoms with Gasteiger partial charge in [-0.15, -0.1) is 16.8 Å². The SMILES string of the molecule is C=CCn1c(SCC(=O)Nc2ccc(Cl)cc2C)nnc1[C@H](NC(=O)c1ccc(OC)cc1)C(C)C. The second kappa shape index (κ2) is 12.6. The second-order valence-electron chi connectivity index (χ2n) is 8.46. The van der Waals surface area contributed by atoms with Crippen LogP contribution >= 0.6 is 23.4 Å². The largest absolute Gasteiger partial charge is 0.497 e. The standard InChI is InChI=1S/C26H30ClN5O3S/c1-6-13-32-24(23(16(2)3)29-25(34)18-7-10-20(35-5)11-8-18)30-31-26(32)36-15-22(33)28-21-12-9-19(27)14-17(21)4/h6-12,14,16,23H,1,13,15H2,2-5H3,(H,28,33)(H,29,34)/t23-/m1/s1. The van der Waals surface area contributed by atoms with Gasteiger partial charge in [-0.1, -0.05) is 43.3 Å². The number of carbonyl (C=O) groups is 2. The summed E-state index contributed by atoms with van der Waals surface area (Å²) < 4.78 is 7.04. The molecule has 3 rings (SSSR count). The zero-order chi connectivity index (χ0) is 26.2. The van der Waals surface area contributed by atoms with Crippen molar-refractivity contribution in [1.82, 2.24) is 20.1 Å². The number of rotatable bonds is 11. The minimum Gasteiger partial charge on any atom is -0.497 e. The van der Waals surface area contributed by atoms with Crippen LogP contribution < -0.4 is 15.4 Å². The molecule has 0 saturated carbocycles. The predicted octanol–water partition coefficient (Wildman–Crippen LogP) is 5.29. The van der Waals surface area contributed by atoms with Gasteiger partial charge in [-0.25, -0.2) is 0 Å². The van der Waals surface area contributed by atoms with Crippen molar-refractivity contribution in [2.24, 2.45) is 5.92 Å². The number of benzene rings is 2. The molecule has 0 radical (unpaired) electrons. The summed E-state index contributed by atoms with van der Waals surface area (Å²) in [6.45, 7) is 10.2. The number of hydrogen-bond donors (Lipinski definition) is 2. The lowest BCUT2D eigenvalue weighted by Crippen LogP contribution is -2.33. The highest BCUT2D eigenvalue weighted by molar-refractivity contribution is 7.99. The number of nitrogens with zero attached hydrogens (tertiary/aromatic N) is 3. The minimum absolute atomic E-state index is 0.0361. The number of methoxy groups -OCH3 is 1. The summed E-state index contributed by atoms with van der Waals surface area (Å²) in [4.78, 5) is 25.5. The fourth-order valence-electron chi connectivity index (χ4n) is 3.52. The van der Waals surface area contributed by atoms with Crippen LogP contribution in [-0.4, -0.2) is 39.4 Å². The van der Waals surface area contributed by atoms with E-state index in [0.29, 0.717) is 39.5 Å². The van der Waals surface area contributed by atoms with Crippen LogP contribution in [0, 0.1) is 12.8 Å². The summed E-state index contributed by atoms with van der Waals surface area (Å²) in [5, 5.41) is 15.8. The molecule has 0 spiro atoms. The van der Waals surface area contributed by atoms with E-state index in [1.54, 1.807) is 55.7 Å². The summed E-state index contributed by atoms with van der Waals surface area (Å²) in [7, 11) is 1.58. The summed E-state index contributed by atoms with van der Waals surface area (Å²) in [6.07, 6.45) is 1.73. The highest BCUT2D eigenvalue weighted by Gasteiger charge is 2.26. The zero-order valence-corrected chi connectivity index (χ0v) is 22.3. The average Bonchev–Trinajstić information content (AvgIpc) is 3.25. The summed E-state index contributed by atoms with van der Waals surface area (Å²) in [5.74, 6) is 1.05. The number of ether oxygens (including phenoxy) is 1. The monoisotopic (exact) mass is 527 g/mol. The Hall–Kier alpha value is -3.30. The number of amides is 2. The fourth-order valence-corrected chi connectivity index (χ4v) is 4.50. The molecule has 1 atom stereocenters. The molecular weight excluding hydrogens is 498 g/mol. The van der Waals surface area contributed by atoms with E-state index in [2.05, 4.69) is 27.4 Å². The lowest BCUT2D eigenvalue weighted by Gasteiger charge is -2.22. The fraction of sp³-hybridized carbons (Fsp3) is 0.308. The van der Waals surface area contributed by atoms with E-state index in [-0.39, 0.29) is 23.5 Å². The number of aryl methyl sites for hydroxylation is 1. The Kier molecular flexibility index (Phi) is 9.55. The molecule has 0 fully saturated rings. The maximum atomic E-state index is 12.9. The molecular formula is C26H30ClN5O3S. The van der Waals surface area contributed by atoms with Gasteiger partial charge in [-0.2, -0.15) is 0 Å². The molecule has 0 aliphatic carbocycles. The minimum atomic E-state index is -0.396. The lowest BCUT2D eigenvalue weighted by molar-refractivity contribution is -0.113. The van der Waals surface area contributed by atoms with Crippen molar-refractivity contribution in [2.45, 2.75) is 38.5 Å². The van der Waals surface area contributed by atoms with Crippen LogP contribution in [0.4, 0.5) is 5.69 Å². The number of aromatic nitrogens is 3. The number of carbonyl (C=O) groups excluding carboxylic acids is 2. The van der Waals surface area contributed by atoms with E-state index in [1.807, 2.05) is 25.3 Å². The molecule has 0 saturated heterocycles. The number of hydrogen-bond acceptors (Lipinski definition) is 6. The van der Waals surface area contributed by atoms with Crippen molar-refractivity contribution >= 4 is 40.9 Å². The van der Waals surface area contributed by atoms with Gasteiger partial charge in [0.2, 0.25) is 5.91 Å². The molecule has 3 aromatic rings. The summed E-state index contributed by atoms with van der Waals surface area (Å²) in [5.41, 5.74) is 2.10. The molecule has 8 nitrogen and oxygen atoms in total. The molecule has 10 heteroatoms.